The van der Waals surface area contributed by atoms with Gasteiger partial charge in [-0.3, -0.25) is 0 Å². The maximum atomic E-state index is 6.13. The van der Waals surface area contributed by atoms with Crippen LogP contribution in [0.25, 0.3) is 33.3 Å². The quantitative estimate of drug-likeness (QED) is 0.135. The van der Waals surface area contributed by atoms with Crippen LogP contribution >= 0.6 is 0 Å². The summed E-state index contributed by atoms with van der Waals surface area (Å²) in [6, 6.07) is 46.5. The molecule has 209 valence electrons. The molecule has 5 nitrogen and oxygen atoms in total. The number of nitrogens with zero attached hydrogens (tertiary/aromatic N) is 4. The first-order valence-corrected chi connectivity index (χ1v) is 13.8. The number of fused-ring (bicyclic) bond motifs is 4. The zero-order chi connectivity index (χ0) is 28.5. The van der Waals surface area contributed by atoms with Crippen LogP contribution in [0.2, 0.25) is 0 Å². The topological polar surface area (TPSA) is 44.9 Å². The summed E-state index contributed by atoms with van der Waals surface area (Å²) in [5, 5.41) is 2.02. The third-order valence-electron chi connectivity index (χ3n) is 7.17. The van der Waals surface area contributed by atoms with Crippen molar-refractivity contribution in [3.63, 3.8) is 0 Å². The van der Waals surface area contributed by atoms with E-state index in [1.807, 2.05) is 84.4 Å². The van der Waals surface area contributed by atoms with Crippen molar-refractivity contribution in [1.29, 1.82) is 0 Å². The molecule has 0 atom stereocenters. The van der Waals surface area contributed by atoms with Gasteiger partial charge in [0.2, 0.25) is 11.4 Å². The normalized spacial score (nSPS) is 11.7. The van der Waals surface area contributed by atoms with E-state index in [-0.39, 0.29) is 20.1 Å². The molecule has 0 unspecified atom stereocenters. The number of benzene rings is 4. The Bertz CT molecular complexity index is 2130. The summed E-state index contributed by atoms with van der Waals surface area (Å²) in [4.78, 5) is 8.69. The van der Waals surface area contributed by atoms with Gasteiger partial charge in [-0.2, -0.15) is 12.1 Å². The van der Waals surface area contributed by atoms with Crippen LogP contribution in [-0.2, 0) is 20.1 Å². The van der Waals surface area contributed by atoms with E-state index in [9.17, 15) is 0 Å². The van der Waals surface area contributed by atoms with Crippen LogP contribution in [0.5, 0.6) is 0 Å². The second-order valence-electron chi connectivity index (χ2n) is 10.1. The van der Waals surface area contributed by atoms with Crippen molar-refractivity contribution in [3.8, 4) is 11.3 Å². The first-order valence-electron chi connectivity index (χ1n) is 13.8. The maximum Gasteiger partial charge on any atom is 0.501 e. The Morgan fingerprint density at radius 3 is 2.19 bits per heavy atom. The number of aromatic nitrogens is 2. The van der Waals surface area contributed by atoms with Crippen LogP contribution in [-0.4, -0.2) is 16.0 Å². The van der Waals surface area contributed by atoms with Crippen LogP contribution < -0.4 is 9.15 Å². The van der Waals surface area contributed by atoms with Crippen molar-refractivity contribution in [2.75, 3.05) is 0 Å². The SMILES string of the molecule is Cc1ccc(-c2[c-]cccc2)nc1.Cc1ccc([N+]2=C=[N+](c3[c-]ccc4c3oc3ncccc34)c3ccccc32)cc1.[Ir]. The molecular weight excluding hydrogens is 709 g/mol. The van der Waals surface area contributed by atoms with Gasteiger partial charge in [0.05, 0.1) is 5.58 Å². The predicted octanol–water partition coefficient (Wildman–Crippen LogP) is 8.80. The zero-order valence-corrected chi connectivity index (χ0v) is 26.0. The van der Waals surface area contributed by atoms with Crippen molar-refractivity contribution in [3.05, 3.63) is 145 Å². The van der Waals surface area contributed by atoms with Crippen molar-refractivity contribution in [2.45, 2.75) is 13.8 Å². The molecule has 0 amide bonds. The van der Waals surface area contributed by atoms with Gasteiger partial charge in [-0.15, -0.1) is 42.0 Å². The molecule has 0 bridgehead atoms. The van der Waals surface area contributed by atoms with E-state index in [1.165, 1.54) is 11.1 Å². The number of aryl methyl sites for hydroxylation is 2. The van der Waals surface area contributed by atoms with Crippen molar-refractivity contribution in [2.24, 2.45) is 0 Å². The number of para-hydroxylation sites is 2. The molecule has 6 heteroatoms. The summed E-state index contributed by atoms with van der Waals surface area (Å²) in [7, 11) is 0. The number of rotatable bonds is 3. The van der Waals surface area contributed by atoms with Crippen molar-refractivity contribution < 1.29 is 24.5 Å². The summed E-state index contributed by atoms with van der Waals surface area (Å²) >= 11 is 0. The van der Waals surface area contributed by atoms with E-state index in [0.717, 1.165) is 50.4 Å². The molecule has 7 aromatic rings. The Balaban J connectivity index is 0.000000199. The van der Waals surface area contributed by atoms with E-state index in [1.54, 1.807) is 6.20 Å². The minimum atomic E-state index is 0. The fourth-order valence-corrected chi connectivity index (χ4v) is 5.02. The third kappa shape index (κ3) is 5.48. The minimum Gasteiger partial charge on any atom is -0.495 e. The number of pyridine rings is 2. The Kier molecular flexibility index (Phi) is 7.91. The predicted molar refractivity (Wildman–Crippen MR) is 169 cm³/mol. The molecular formula is C37H26IrN4O. The summed E-state index contributed by atoms with van der Waals surface area (Å²) in [6.07, 6.45) is 3.62. The van der Waals surface area contributed by atoms with Gasteiger partial charge in [0.25, 0.3) is 11.4 Å². The van der Waals surface area contributed by atoms with Crippen molar-refractivity contribution >= 4 is 50.8 Å². The summed E-state index contributed by atoms with van der Waals surface area (Å²) in [5.41, 5.74) is 9.80. The van der Waals surface area contributed by atoms with Crippen LogP contribution in [0.1, 0.15) is 11.1 Å². The summed E-state index contributed by atoms with van der Waals surface area (Å²) in [6.45, 7) is 4.12. The largest absolute Gasteiger partial charge is 0.501 e. The molecule has 4 heterocycles. The standard InChI is InChI=1S/C25H16N3O.C12H10N.Ir/c1-17-11-13-18(14-12-17)27-16-28(22-9-3-2-8-21(22)27)23-10-4-6-19-20-7-5-15-26-25(20)29-24(19)23;1-10-7-8-12(13-9-10)11-5-3-2-4-6-11;/h2-9,11-15H,1H3;2-5,7-9H,1H3;/q+1;-1;. The van der Waals surface area contributed by atoms with Gasteiger partial charge in [-0.05, 0) is 41.8 Å². The van der Waals surface area contributed by atoms with Crippen LogP contribution in [0, 0.1) is 26.0 Å². The first kappa shape index (κ1) is 28.1. The molecule has 8 rings (SSSR count). The fraction of sp³-hybridized carbons (Fsp3) is 0.0541. The number of furan rings is 1. The fourth-order valence-electron chi connectivity index (χ4n) is 5.02. The molecule has 43 heavy (non-hydrogen) atoms. The van der Waals surface area contributed by atoms with Gasteiger partial charge in [0.15, 0.2) is 5.69 Å². The molecule has 0 N–H and O–H groups in total. The van der Waals surface area contributed by atoms with Gasteiger partial charge in [-0.25, -0.2) is 4.98 Å². The monoisotopic (exact) mass is 735 g/mol. The average molecular weight is 735 g/mol. The van der Waals surface area contributed by atoms with E-state index in [4.69, 9.17) is 4.42 Å². The minimum absolute atomic E-state index is 0. The van der Waals surface area contributed by atoms with Crippen LogP contribution in [0.4, 0.5) is 22.7 Å². The zero-order valence-electron chi connectivity index (χ0n) is 23.6. The first-order chi connectivity index (χ1) is 20.7. The average Bonchev–Trinajstić information content (AvgIpc) is 3.62. The van der Waals surface area contributed by atoms with Gasteiger partial charge < -0.3 is 9.40 Å². The van der Waals surface area contributed by atoms with E-state index >= 15 is 0 Å². The smallest absolute Gasteiger partial charge is 0.495 e. The molecule has 1 aliphatic heterocycles. The second-order valence-corrected chi connectivity index (χ2v) is 10.1. The third-order valence-corrected chi connectivity index (χ3v) is 7.17. The maximum absolute atomic E-state index is 6.13. The van der Waals surface area contributed by atoms with Gasteiger partial charge >= 0.3 is 6.01 Å². The van der Waals surface area contributed by atoms with E-state index in [2.05, 4.69) is 82.1 Å². The van der Waals surface area contributed by atoms with E-state index < -0.39 is 0 Å². The molecule has 0 saturated carbocycles. The van der Waals surface area contributed by atoms with Gasteiger partial charge in [0, 0.05) is 62.2 Å². The Hall–Kier alpha value is -4.99. The second kappa shape index (κ2) is 12.1. The number of hydrogen-bond donors (Lipinski definition) is 0. The van der Waals surface area contributed by atoms with E-state index in [0.29, 0.717) is 5.71 Å². The Morgan fingerprint density at radius 1 is 0.674 bits per heavy atom. The van der Waals surface area contributed by atoms with Gasteiger partial charge in [0.1, 0.15) is 0 Å². The molecule has 3 aromatic heterocycles. The molecule has 0 aliphatic carbocycles. The molecule has 0 fully saturated rings. The summed E-state index contributed by atoms with van der Waals surface area (Å²) in [5.74, 6) is 0. The molecule has 0 saturated heterocycles. The number of hydrogen-bond acceptors (Lipinski definition) is 3. The summed E-state index contributed by atoms with van der Waals surface area (Å²) < 4.78 is 10.2. The van der Waals surface area contributed by atoms with Crippen LogP contribution in [0.15, 0.2) is 126 Å². The molecule has 1 aliphatic rings. The Labute approximate surface area is 263 Å². The molecule has 4 aromatic carbocycles. The molecule has 0 spiro atoms. The van der Waals surface area contributed by atoms with Crippen molar-refractivity contribution in [1.82, 2.24) is 19.1 Å². The van der Waals surface area contributed by atoms with Gasteiger partial charge in [-0.1, -0.05) is 51.9 Å². The molecule has 1 radical (unpaired) electrons. The Morgan fingerprint density at radius 2 is 1.44 bits per heavy atom. The van der Waals surface area contributed by atoms with Crippen LogP contribution in [0.3, 0.4) is 0 Å².